The van der Waals surface area contributed by atoms with E-state index in [1.807, 2.05) is 13.8 Å². The Morgan fingerprint density at radius 2 is 1.86 bits per heavy atom. The van der Waals surface area contributed by atoms with Crippen LogP contribution in [-0.4, -0.2) is 33.5 Å². The number of carbonyl (C=O) groups excluding carboxylic acids is 1. The molecule has 1 aromatic rings. The van der Waals surface area contributed by atoms with Crippen molar-refractivity contribution in [1.29, 1.82) is 0 Å². The normalized spacial score (nSPS) is 11.8. The predicted molar refractivity (Wildman–Crippen MR) is 82.0 cm³/mol. The van der Waals surface area contributed by atoms with Gasteiger partial charge in [0.25, 0.3) is 0 Å². The molecule has 1 aromatic carbocycles. The maximum Gasteiger partial charge on any atom is 0.240 e. The highest BCUT2D eigenvalue weighted by Crippen LogP contribution is 2.11. The molecule has 0 bridgehead atoms. The zero-order valence-electron chi connectivity index (χ0n) is 12.8. The Balaban J connectivity index is 2.56. The van der Waals surface area contributed by atoms with Gasteiger partial charge in [0.1, 0.15) is 0 Å². The summed E-state index contributed by atoms with van der Waals surface area (Å²) in [5.41, 5.74) is 0.529. The molecule has 6 heteroatoms. The predicted octanol–water partition coefficient (Wildman–Crippen LogP) is 2.37. The molecule has 0 radical (unpaired) electrons. The van der Waals surface area contributed by atoms with Crippen LogP contribution in [-0.2, 0) is 14.8 Å². The lowest BCUT2D eigenvalue weighted by Crippen LogP contribution is -2.25. The maximum absolute atomic E-state index is 12.0. The van der Waals surface area contributed by atoms with Crippen molar-refractivity contribution in [1.82, 2.24) is 4.72 Å². The average Bonchev–Trinajstić information content (AvgIpc) is 2.45. The molecule has 118 valence electrons. The Hall–Kier alpha value is -1.24. The molecule has 0 saturated heterocycles. The number of benzene rings is 1. The number of nitrogens with one attached hydrogen (secondary N) is 1. The topological polar surface area (TPSA) is 72.5 Å². The van der Waals surface area contributed by atoms with Crippen molar-refractivity contribution in [2.75, 3.05) is 13.2 Å². The largest absolute Gasteiger partial charge is 0.379 e. The summed E-state index contributed by atoms with van der Waals surface area (Å²) in [6.07, 6.45) is 1.16. The van der Waals surface area contributed by atoms with Gasteiger partial charge in [-0.1, -0.05) is 19.1 Å². The fraction of sp³-hybridized carbons (Fsp3) is 0.533. The van der Waals surface area contributed by atoms with Crippen molar-refractivity contribution in [3.05, 3.63) is 29.8 Å². The molecule has 0 saturated carbocycles. The highest BCUT2D eigenvalue weighted by Gasteiger charge is 2.14. The Labute approximate surface area is 126 Å². The molecule has 0 amide bonds. The zero-order valence-corrected chi connectivity index (χ0v) is 13.6. The summed E-state index contributed by atoms with van der Waals surface area (Å²) >= 11 is 0. The van der Waals surface area contributed by atoms with Gasteiger partial charge in [0.15, 0.2) is 5.78 Å². The first-order valence-corrected chi connectivity index (χ1v) is 8.59. The molecule has 21 heavy (non-hydrogen) atoms. The van der Waals surface area contributed by atoms with Gasteiger partial charge in [-0.2, -0.15) is 0 Å². The van der Waals surface area contributed by atoms with Gasteiger partial charge < -0.3 is 4.74 Å². The molecular weight excluding hydrogens is 290 g/mol. The molecule has 1 rings (SSSR count). The lowest BCUT2D eigenvalue weighted by atomic mass is 10.1. The summed E-state index contributed by atoms with van der Waals surface area (Å²) in [6, 6.07) is 6.00. The van der Waals surface area contributed by atoms with Crippen molar-refractivity contribution in [3.63, 3.8) is 0 Å². The molecule has 1 N–H and O–H groups in total. The number of carbonyl (C=O) groups is 1. The van der Waals surface area contributed by atoms with Gasteiger partial charge in [-0.05, 0) is 32.4 Å². The van der Waals surface area contributed by atoms with Crippen molar-refractivity contribution >= 4 is 15.8 Å². The number of ketones is 1. The molecule has 0 unspecified atom stereocenters. The Bertz CT molecular complexity index is 550. The summed E-state index contributed by atoms with van der Waals surface area (Å²) < 4.78 is 31.9. The first kappa shape index (κ1) is 17.8. The summed E-state index contributed by atoms with van der Waals surface area (Å²) in [5.74, 6) is -0.00209. The van der Waals surface area contributed by atoms with E-state index in [1.54, 1.807) is 19.1 Å². The van der Waals surface area contributed by atoms with E-state index in [4.69, 9.17) is 4.74 Å². The number of Topliss-reactive ketones (excluding diaryl/α,β-unsaturated/α-hetero) is 1. The van der Waals surface area contributed by atoms with Crippen LogP contribution in [0.4, 0.5) is 0 Å². The first-order chi connectivity index (χ1) is 9.86. The van der Waals surface area contributed by atoms with E-state index in [1.165, 1.54) is 12.1 Å². The monoisotopic (exact) mass is 313 g/mol. The fourth-order valence-electron chi connectivity index (χ4n) is 1.71. The average molecular weight is 313 g/mol. The maximum atomic E-state index is 12.0. The number of hydrogen-bond donors (Lipinski definition) is 1. The summed E-state index contributed by atoms with van der Waals surface area (Å²) in [5, 5.41) is 0. The molecule has 0 fully saturated rings. The molecular formula is C15H23NO4S. The molecule has 0 aliphatic rings. The van der Waals surface area contributed by atoms with E-state index in [0.29, 0.717) is 31.6 Å². The Kier molecular flexibility index (Phi) is 7.01. The van der Waals surface area contributed by atoms with Gasteiger partial charge in [0, 0.05) is 25.1 Å². The lowest BCUT2D eigenvalue weighted by Gasteiger charge is -2.09. The van der Waals surface area contributed by atoms with Crippen molar-refractivity contribution in [3.8, 4) is 0 Å². The van der Waals surface area contributed by atoms with Gasteiger partial charge in [0.05, 0.1) is 11.0 Å². The lowest BCUT2D eigenvalue weighted by molar-refractivity contribution is 0.0778. The van der Waals surface area contributed by atoms with Crippen LogP contribution in [0.5, 0.6) is 0 Å². The standard InChI is InChI=1S/C15H23NO4S/c1-4-15(17)13-6-8-14(9-7-13)21(18,19)16-10-5-11-20-12(2)3/h6-9,12,16H,4-5,10-11H2,1-3H3. The number of sulfonamides is 1. The second-order valence-electron chi connectivity index (χ2n) is 4.97. The van der Waals surface area contributed by atoms with Gasteiger partial charge >= 0.3 is 0 Å². The van der Waals surface area contributed by atoms with Gasteiger partial charge in [-0.3, -0.25) is 4.79 Å². The third-order valence-corrected chi connectivity index (χ3v) is 4.35. The zero-order chi connectivity index (χ0) is 15.9. The third kappa shape index (κ3) is 5.95. The molecule has 5 nitrogen and oxygen atoms in total. The van der Waals surface area contributed by atoms with E-state index >= 15 is 0 Å². The van der Waals surface area contributed by atoms with Crippen LogP contribution in [0.3, 0.4) is 0 Å². The van der Waals surface area contributed by atoms with Gasteiger partial charge in [-0.25, -0.2) is 13.1 Å². The minimum Gasteiger partial charge on any atom is -0.379 e. The van der Waals surface area contributed by atoms with Crippen molar-refractivity contribution in [2.45, 2.75) is 44.6 Å². The van der Waals surface area contributed by atoms with Crippen LogP contribution in [0.15, 0.2) is 29.2 Å². The number of hydrogen-bond acceptors (Lipinski definition) is 4. The smallest absolute Gasteiger partial charge is 0.240 e. The van der Waals surface area contributed by atoms with Crippen LogP contribution in [0.2, 0.25) is 0 Å². The van der Waals surface area contributed by atoms with Crippen LogP contribution in [0.1, 0.15) is 44.0 Å². The summed E-state index contributed by atoms with van der Waals surface area (Å²) in [6.45, 7) is 6.48. The van der Waals surface area contributed by atoms with Crippen LogP contribution in [0, 0.1) is 0 Å². The summed E-state index contributed by atoms with van der Waals surface area (Å²) in [4.78, 5) is 11.7. The highest BCUT2D eigenvalue weighted by atomic mass is 32.2. The van der Waals surface area contributed by atoms with E-state index in [9.17, 15) is 13.2 Å². The van der Waals surface area contributed by atoms with Crippen LogP contribution in [0.25, 0.3) is 0 Å². The molecule has 0 aromatic heterocycles. The first-order valence-electron chi connectivity index (χ1n) is 7.11. The SMILES string of the molecule is CCC(=O)c1ccc(S(=O)(=O)NCCCOC(C)C)cc1. The minimum atomic E-state index is -3.53. The molecule has 0 aliphatic heterocycles. The fourth-order valence-corrected chi connectivity index (χ4v) is 2.78. The third-order valence-electron chi connectivity index (χ3n) is 2.87. The Morgan fingerprint density at radius 3 is 2.38 bits per heavy atom. The van der Waals surface area contributed by atoms with Gasteiger partial charge in [-0.15, -0.1) is 0 Å². The quantitative estimate of drug-likeness (QED) is 0.561. The second kappa shape index (κ2) is 8.26. The summed E-state index contributed by atoms with van der Waals surface area (Å²) in [7, 11) is -3.53. The molecule has 0 spiro atoms. The minimum absolute atomic E-state index is 0.00209. The van der Waals surface area contributed by atoms with Gasteiger partial charge in [0.2, 0.25) is 10.0 Å². The highest BCUT2D eigenvalue weighted by molar-refractivity contribution is 7.89. The van der Waals surface area contributed by atoms with Crippen molar-refractivity contribution < 1.29 is 17.9 Å². The van der Waals surface area contributed by atoms with E-state index < -0.39 is 10.0 Å². The number of rotatable bonds is 9. The molecule has 0 heterocycles. The second-order valence-corrected chi connectivity index (χ2v) is 6.74. The van der Waals surface area contributed by atoms with E-state index in [0.717, 1.165) is 0 Å². The van der Waals surface area contributed by atoms with E-state index in [-0.39, 0.29) is 16.8 Å². The number of ether oxygens (including phenoxy) is 1. The Morgan fingerprint density at radius 1 is 1.24 bits per heavy atom. The van der Waals surface area contributed by atoms with Crippen LogP contribution >= 0.6 is 0 Å². The molecule has 0 aliphatic carbocycles. The van der Waals surface area contributed by atoms with E-state index in [2.05, 4.69) is 4.72 Å². The van der Waals surface area contributed by atoms with Crippen LogP contribution < -0.4 is 4.72 Å². The molecule has 0 atom stereocenters. The van der Waals surface area contributed by atoms with Crippen molar-refractivity contribution in [2.24, 2.45) is 0 Å².